The summed E-state index contributed by atoms with van der Waals surface area (Å²) in [7, 11) is 3.88. The Labute approximate surface area is 180 Å². The second kappa shape index (κ2) is 9.25. The van der Waals surface area contributed by atoms with Crippen LogP contribution in [0.2, 0.25) is 0 Å². The first-order valence-corrected chi connectivity index (χ1v) is 9.63. The van der Waals surface area contributed by atoms with Crippen LogP contribution < -0.4 is 10.2 Å². The lowest BCUT2D eigenvalue weighted by Crippen LogP contribution is -2.29. The second-order valence-corrected chi connectivity index (χ2v) is 7.18. The van der Waals surface area contributed by atoms with E-state index in [1.165, 1.54) is 24.3 Å². The second-order valence-electron chi connectivity index (χ2n) is 7.18. The van der Waals surface area contributed by atoms with Crippen LogP contribution in [0.15, 0.2) is 55.1 Å². The Hall–Kier alpha value is -3.94. The predicted octanol–water partition coefficient (Wildman–Crippen LogP) is 2.01. The normalized spacial score (nSPS) is 12.4. The fraction of sp³-hybridized carbons (Fsp3) is 0.217. The zero-order valence-electron chi connectivity index (χ0n) is 17.4. The number of carbonyl (C=O) groups is 4. The van der Waals surface area contributed by atoms with Gasteiger partial charge in [-0.05, 0) is 35.9 Å². The number of hydrogen-bond acceptors (Lipinski definition) is 6. The summed E-state index contributed by atoms with van der Waals surface area (Å²) < 4.78 is 5.04. The van der Waals surface area contributed by atoms with Crippen molar-refractivity contribution in [2.45, 2.75) is 6.54 Å². The summed E-state index contributed by atoms with van der Waals surface area (Å²) in [4.78, 5) is 51.9. The van der Waals surface area contributed by atoms with Gasteiger partial charge < -0.3 is 15.0 Å². The standard InChI is InChI=1S/C23H23N3O5/c1-4-11-26-21(28)18-10-7-16(12-19(18)22(26)29)23(30)31-14-20(27)24-13-15-5-8-17(9-6-15)25(2)3/h4-10,12H,1,11,13-14H2,2-3H3,(H,24,27). The van der Waals surface area contributed by atoms with Crippen LogP contribution in [0.1, 0.15) is 36.6 Å². The number of amides is 3. The van der Waals surface area contributed by atoms with Gasteiger partial charge in [0.25, 0.3) is 17.7 Å². The first kappa shape index (κ1) is 21.8. The zero-order valence-corrected chi connectivity index (χ0v) is 17.4. The van der Waals surface area contributed by atoms with E-state index in [0.29, 0.717) is 6.54 Å². The number of nitrogens with zero attached hydrogens (tertiary/aromatic N) is 2. The highest BCUT2D eigenvalue weighted by Gasteiger charge is 2.35. The van der Waals surface area contributed by atoms with Gasteiger partial charge in [0.05, 0.1) is 16.7 Å². The monoisotopic (exact) mass is 421 g/mol. The van der Waals surface area contributed by atoms with Crippen LogP contribution in [-0.2, 0) is 16.1 Å². The molecule has 0 unspecified atom stereocenters. The highest BCUT2D eigenvalue weighted by molar-refractivity contribution is 6.22. The Kier molecular flexibility index (Phi) is 6.49. The molecule has 2 aromatic rings. The molecule has 8 nitrogen and oxygen atoms in total. The zero-order chi connectivity index (χ0) is 22.5. The summed E-state index contributed by atoms with van der Waals surface area (Å²) in [6, 6.07) is 11.8. The van der Waals surface area contributed by atoms with Crippen LogP contribution in [0.4, 0.5) is 5.69 Å². The number of anilines is 1. The highest BCUT2D eigenvalue weighted by Crippen LogP contribution is 2.24. The fourth-order valence-corrected chi connectivity index (χ4v) is 3.09. The minimum atomic E-state index is -0.754. The van der Waals surface area contributed by atoms with Gasteiger partial charge in [0.15, 0.2) is 6.61 Å². The first-order chi connectivity index (χ1) is 14.8. The van der Waals surface area contributed by atoms with Gasteiger partial charge in [-0.2, -0.15) is 0 Å². The third-order valence-corrected chi connectivity index (χ3v) is 4.79. The molecule has 1 heterocycles. The quantitative estimate of drug-likeness (QED) is 0.398. The maximum atomic E-state index is 12.4. The Bertz CT molecular complexity index is 1040. The van der Waals surface area contributed by atoms with Crippen LogP contribution in [0.25, 0.3) is 0 Å². The number of nitrogens with one attached hydrogen (secondary N) is 1. The number of ether oxygens (including phenoxy) is 1. The van der Waals surface area contributed by atoms with E-state index in [-0.39, 0.29) is 23.2 Å². The fourth-order valence-electron chi connectivity index (χ4n) is 3.09. The Balaban J connectivity index is 1.54. The van der Waals surface area contributed by atoms with Gasteiger partial charge in [-0.25, -0.2) is 4.79 Å². The Morgan fingerprint density at radius 1 is 1.06 bits per heavy atom. The minimum absolute atomic E-state index is 0.0875. The molecule has 3 amide bonds. The summed E-state index contributed by atoms with van der Waals surface area (Å²) in [5.41, 5.74) is 2.41. The maximum absolute atomic E-state index is 12.4. The molecule has 0 fully saturated rings. The molecule has 31 heavy (non-hydrogen) atoms. The predicted molar refractivity (Wildman–Crippen MR) is 115 cm³/mol. The van der Waals surface area contributed by atoms with Gasteiger partial charge in [-0.3, -0.25) is 19.3 Å². The van der Waals surface area contributed by atoms with Crippen LogP contribution in [0.3, 0.4) is 0 Å². The molecule has 0 atom stereocenters. The summed E-state index contributed by atoms with van der Waals surface area (Å²) in [5, 5.41) is 2.68. The average Bonchev–Trinajstić information content (AvgIpc) is 3.01. The van der Waals surface area contributed by atoms with E-state index in [4.69, 9.17) is 4.74 Å². The van der Waals surface area contributed by atoms with E-state index in [9.17, 15) is 19.2 Å². The molecule has 0 aliphatic carbocycles. The number of rotatable bonds is 8. The van der Waals surface area contributed by atoms with Crippen molar-refractivity contribution in [2.24, 2.45) is 0 Å². The molecule has 2 aromatic carbocycles. The highest BCUT2D eigenvalue weighted by atomic mass is 16.5. The van der Waals surface area contributed by atoms with Gasteiger partial charge in [0.2, 0.25) is 0 Å². The molecule has 0 aromatic heterocycles. The van der Waals surface area contributed by atoms with Gasteiger partial charge in [-0.1, -0.05) is 18.2 Å². The van der Waals surface area contributed by atoms with E-state index < -0.39 is 30.3 Å². The summed E-state index contributed by atoms with van der Waals surface area (Å²) in [6.07, 6.45) is 1.45. The number of esters is 1. The smallest absolute Gasteiger partial charge is 0.338 e. The van der Waals surface area contributed by atoms with Gasteiger partial charge in [0, 0.05) is 32.9 Å². The average molecular weight is 421 g/mol. The molecule has 160 valence electrons. The van der Waals surface area contributed by atoms with E-state index in [0.717, 1.165) is 16.2 Å². The lowest BCUT2D eigenvalue weighted by molar-refractivity contribution is -0.124. The molecule has 0 saturated carbocycles. The number of fused-ring (bicyclic) bond motifs is 1. The van der Waals surface area contributed by atoms with Crippen molar-refractivity contribution in [1.82, 2.24) is 10.2 Å². The maximum Gasteiger partial charge on any atom is 0.338 e. The third kappa shape index (κ3) is 4.80. The molecule has 0 bridgehead atoms. The molecule has 1 N–H and O–H groups in total. The third-order valence-electron chi connectivity index (χ3n) is 4.79. The molecule has 0 spiro atoms. The lowest BCUT2D eigenvalue weighted by atomic mass is 10.1. The molecular weight excluding hydrogens is 398 g/mol. The Morgan fingerprint density at radius 3 is 2.39 bits per heavy atom. The van der Waals surface area contributed by atoms with E-state index >= 15 is 0 Å². The lowest BCUT2D eigenvalue weighted by Gasteiger charge is -2.13. The van der Waals surface area contributed by atoms with Gasteiger partial charge in [0.1, 0.15) is 0 Å². The molecule has 1 aliphatic heterocycles. The van der Waals surface area contributed by atoms with Crippen molar-refractivity contribution in [3.63, 3.8) is 0 Å². The largest absolute Gasteiger partial charge is 0.452 e. The van der Waals surface area contributed by atoms with Crippen molar-refractivity contribution >= 4 is 29.4 Å². The molecular formula is C23H23N3O5. The summed E-state index contributed by atoms with van der Waals surface area (Å²) >= 11 is 0. The van der Waals surface area contributed by atoms with Crippen molar-refractivity contribution in [3.05, 3.63) is 77.4 Å². The van der Waals surface area contributed by atoms with Crippen molar-refractivity contribution in [3.8, 4) is 0 Å². The molecule has 0 saturated heterocycles. The topological polar surface area (TPSA) is 96.0 Å². The van der Waals surface area contributed by atoms with E-state index in [1.54, 1.807) is 0 Å². The van der Waals surface area contributed by atoms with Crippen LogP contribution in [0.5, 0.6) is 0 Å². The van der Waals surface area contributed by atoms with E-state index in [2.05, 4.69) is 11.9 Å². The van der Waals surface area contributed by atoms with E-state index in [1.807, 2.05) is 43.3 Å². The molecule has 1 aliphatic rings. The number of imide groups is 1. The molecule has 0 radical (unpaired) electrons. The minimum Gasteiger partial charge on any atom is -0.452 e. The van der Waals surface area contributed by atoms with Crippen molar-refractivity contribution in [2.75, 3.05) is 32.1 Å². The summed E-state index contributed by atoms with van der Waals surface area (Å²) in [5.74, 6) is -2.13. The molecule has 8 heteroatoms. The number of hydrogen-bond donors (Lipinski definition) is 1. The van der Waals surface area contributed by atoms with Gasteiger partial charge >= 0.3 is 5.97 Å². The SMILES string of the molecule is C=CCN1C(=O)c2ccc(C(=O)OCC(=O)NCc3ccc(N(C)C)cc3)cc2C1=O. The van der Waals surface area contributed by atoms with Crippen molar-refractivity contribution < 1.29 is 23.9 Å². The number of carbonyl (C=O) groups excluding carboxylic acids is 4. The Morgan fingerprint density at radius 2 is 1.74 bits per heavy atom. The van der Waals surface area contributed by atoms with Gasteiger partial charge in [-0.15, -0.1) is 6.58 Å². The van der Waals surface area contributed by atoms with Crippen LogP contribution in [0, 0.1) is 0 Å². The first-order valence-electron chi connectivity index (χ1n) is 9.63. The van der Waals surface area contributed by atoms with Crippen molar-refractivity contribution in [1.29, 1.82) is 0 Å². The summed E-state index contributed by atoms with van der Waals surface area (Å²) in [6.45, 7) is 3.46. The number of benzene rings is 2. The van der Waals surface area contributed by atoms with Crippen LogP contribution >= 0.6 is 0 Å². The molecule has 3 rings (SSSR count). The van der Waals surface area contributed by atoms with Crippen LogP contribution in [-0.4, -0.2) is 55.8 Å².